The number of nitrogens with one attached hydrogen (secondary N) is 1. The highest BCUT2D eigenvalue weighted by molar-refractivity contribution is 7.92. The van der Waals surface area contributed by atoms with Gasteiger partial charge in [-0.15, -0.1) is 0 Å². The third-order valence-electron chi connectivity index (χ3n) is 6.36. The van der Waals surface area contributed by atoms with E-state index in [4.69, 9.17) is 34.8 Å². The second-order valence-corrected chi connectivity index (χ2v) is 13.3. The van der Waals surface area contributed by atoms with Gasteiger partial charge >= 0.3 is 0 Å². The Labute approximate surface area is 257 Å². The Hall–Kier alpha value is -2.78. The largest absolute Gasteiger partial charge is 0.354 e. The molecule has 1 atom stereocenters. The average molecular weight is 639 g/mol. The maximum Gasteiger partial charge on any atom is 0.264 e. The number of hydrogen-bond acceptors (Lipinski definition) is 4. The van der Waals surface area contributed by atoms with Crippen molar-refractivity contribution in [1.82, 2.24) is 10.2 Å². The zero-order valence-corrected chi connectivity index (χ0v) is 26.5. The summed E-state index contributed by atoms with van der Waals surface area (Å²) < 4.78 is 28.9. The molecule has 7 nitrogen and oxygen atoms in total. The minimum Gasteiger partial charge on any atom is -0.354 e. The molecule has 0 spiro atoms. The highest BCUT2D eigenvalue weighted by Gasteiger charge is 2.34. The van der Waals surface area contributed by atoms with Crippen molar-refractivity contribution in [2.75, 3.05) is 17.4 Å². The number of carbonyl (C=O) groups is 2. The Kier molecular flexibility index (Phi) is 11.5. The van der Waals surface area contributed by atoms with Gasteiger partial charge in [0.25, 0.3) is 10.0 Å². The zero-order chi connectivity index (χ0) is 30.3. The molecule has 3 aromatic carbocycles. The Morgan fingerprint density at radius 1 is 0.878 bits per heavy atom. The predicted octanol–water partition coefficient (Wildman–Crippen LogP) is 6.73. The van der Waals surface area contributed by atoms with E-state index in [-0.39, 0.29) is 39.0 Å². The summed E-state index contributed by atoms with van der Waals surface area (Å²) in [6.07, 6.45) is 0.316. The van der Waals surface area contributed by atoms with Crippen molar-refractivity contribution in [1.29, 1.82) is 0 Å². The van der Waals surface area contributed by atoms with Crippen molar-refractivity contribution < 1.29 is 18.0 Å². The maximum absolute atomic E-state index is 14.1. The molecule has 41 heavy (non-hydrogen) atoms. The molecule has 0 radical (unpaired) electrons. The summed E-state index contributed by atoms with van der Waals surface area (Å²) in [5.41, 5.74) is 1.74. The summed E-state index contributed by atoms with van der Waals surface area (Å²) in [5, 5.41) is 3.85. The summed E-state index contributed by atoms with van der Waals surface area (Å²) in [5.74, 6) is -0.680. The van der Waals surface area contributed by atoms with Crippen molar-refractivity contribution in [3.63, 3.8) is 0 Å². The van der Waals surface area contributed by atoms with Crippen LogP contribution in [0.2, 0.25) is 15.1 Å². The topological polar surface area (TPSA) is 86.8 Å². The van der Waals surface area contributed by atoms with E-state index in [0.717, 1.165) is 15.4 Å². The number of sulfonamides is 1. The number of carbonyl (C=O) groups excluding carboxylic acids is 2. The summed E-state index contributed by atoms with van der Waals surface area (Å²) in [4.78, 5) is 28.8. The second-order valence-electron chi connectivity index (χ2n) is 10.2. The molecule has 3 rings (SSSR count). The lowest BCUT2D eigenvalue weighted by Gasteiger charge is -2.33. The van der Waals surface area contributed by atoms with E-state index in [1.165, 1.54) is 35.2 Å². The van der Waals surface area contributed by atoms with Crippen LogP contribution >= 0.6 is 34.8 Å². The molecule has 0 heterocycles. The Morgan fingerprint density at radius 2 is 1.46 bits per heavy atom. The van der Waals surface area contributed by atoms with Gasteiger partial charge in [0.05, 0.1) is 10.6 Å². The van der Waals surface area contributed by atoms with Crippen LogP contribution in [0.3, 0.4) is 0 Å². The number of amides is 2. The van der Waals surface area contributed by atoms with Gasteiger partial charge in [0.1, 0.15) is 12.6 Å². The molecule has 1 N–H and O–H groups in total. The smallest absolute Gasteiger partial charge is 0.264 e. The molecule has 0 aliphatic carbocycles. The van der Waals surface area contributed by atoms with Crippen LogP contribution in [0.4, 0.5) is 5.69 Å². The first-order valence-electron chi connectivity index (χ1n) is 13.2. The van der Waals surface area contributed by atoms with E-state index in [9.17, 15) is 18.0 Å². The number of anilines is 1. The normalized spacial score (nSPS) is 12.2. The Morgan fingerprint density at radius 3 is 2.00 bits per heavy atom. The number of nitrogens with zero attached hydrogens (tertiary/aromatic N) is 2. The van der Waals surface area contributed by atoms with Gasteiger partial charge in [0.2, 0.25) is 11.8 Å². The minimum absolute atomic E-state index is 0.00188. The highest BCUT2D eigenvalue weighted by atomic mass is 35.5. The standard InChI is InChI=1S/C30H34Cl3N3O4S/c1-5-28(30(38)34-17-20(2)3)35(18-22-8-10-23(31)11-9-22)29(37)19-36(26-15-24(32)14-25(33)16-26)41(39,40)27-12-6-21(4)7-13-27/h6-16,20,28H,5,17-19H2,1-4H3,(H,34,38). The fourth-order valence-corrected chi connectivity index (χ4v) is 6.22. The molecule has 0 aromatic heterocycles. The lowest BCUT2D eigenvalue weighted by atomic mass is 10.1. The van der Waals surface area contributed by atoms with Crippen molar-refractivity contribution in [3.05, 3.63) is 92.9 Å². The van der Waals surface area contributed by atoms with Gasteiger partial charge in [-0.2, -0.15) is 0 Å². The van der Waals surface area contributed by atoms with E-state index in [0.29, 0.717) is 18.0 Å². The number of aryl methyl sites for hydroxylation is 1. The molecule has 0 bridgehead atoms. The number of rotatable bonds is 12. The highest BCUT2D eigenvalue weighted by Crippen LogP contribution is 2.30. The first-order chi connectivity index (χ1) is 19.3. The zero-order valence-electron chi connectivity index (χ0n) is 23.4. The Bertz CT molecular complexity index is 1440. The van der Waals surface area contributed by atoms with Crippen LogP contribution in [0, 0.1) is 12.8 Å². The van der Waals surface area contributed by atoms with Crippen LogP contribution in [0.25, 0.3) is 0 Å². The fourth-order valence-electron chi connectivity index (χ4n) is 4.18. The van der Waals surface area contributed by atoms with E-state index >= 15 is 0 Å². The van der Waals surface area contributed by atoms with Gasteiger partial charge < -0.3 is 10.2 Å². The van der Waals surface area contributed by atoms with Gasteiger partial charge in [-0.25, -0.2) is 8.42 Å². The number of benzene rings is 3. The third kappa shape index (κ3) is 8.85. The quantitative estimate of drug-likeness (QED) is 0.238. The summed E-state index contributed by atoms with van der Waals surface area (Å²) in [7, 11) is -4.24. The Balaban J connectivity index is 2.07. The van der Waals surface area contributed by atoms with E-state index in [2.05, 4.69) is 5.32 Å². The molecule has 1 unspecified atom stereocenters. The second kappa shape index (κ2) is 14.4. The van der Waals surface area contributed by atoms with Crippen LogP contribution in [-0.2, 0) is 26.2 Å². The van der Waals surface area contributed by atoms with Gasteiger partial charge in [-0.05, 0) is 67.3 Å². The minimum atomic E-state index is -4.24. The molecule has 11 heteroatoms. The molecule has 0 aliphatic rings. The molecule has 0 saturated heterocycles. The van der Waals surface area contributed by atoms with E-state index in [1.54, 1.807) is 43.3 Å². The van der Waals surface area contributed by atoms with Crippen molar-refractivity contribution in [2.24, 2.45) is 5.92 Å². The maximum atomic E-state index is 14.1. The molecule has 220 valence electrons. The van der Waals surface area contributed by atoms with Gasteiger partial charge in [-0.1, -0.05) is 85.4 Å². The van der Waals surface area contributed by atoms with E-state index in [1.807, 2.05) is 20.8 Å². The predicted molar refractivity (Wildman–Crippen MR) is 166 cm³/mol. The molecule has 0 fully saturated rings. The monoisotopic (exact) mass is 637 g/mol. The van der Waals surface area contributed by atoms with Crippen LogP contribution in [0.5, 0.6) is 0 Å². The lowest BCUT2D eigenvalue weighted by Crippen LogP contribution is -2.52. The van der Waals surface area contributed by atoms with Crippen LogP contribution in [0.15, 0.2) is 71.6 Å². The third-order valence-corrected chi connectivity index (χ3v) is 8.84. The SMILES string of the molecule is CCC(C(=O)NCC(C)C)N(Cc1ccc(Cl)cc1)C(=O)CN(c1cc(Cl)cc(Cl)c1)S(=O)(=O)c1ccc(C)cc1. The van der Waals surface area contributed by atoms with E-state index < -0.39 is 28.5 Å². The summed E-state index contributed by atoms with van der Waals surface area (Å²) in [6.45, 7) is 7.52. The summed E-state index contributed by atoms with van der Waals surface area (Å²) >= 11 is 18.5. The fraction of sp³-hybridized carbons (Fsp3) is 0.333. The van der Waals surface area contributed by atoms with Gasteiger partial charge in [0, 0.05) is 28.2 Å². The molecule has 2 amide bonds. The molecule has 0 saturated carbocycles. The number of halogens is 3. The van der Waals surface area contributed by atoms with Crippen LogP contribution in [-0.4, -0.2) is 44.3 Å². The lowest BCUT2D eigenvalue weighted by molar-refractivity contribution is -0.140. The van der Waals surface area contributed by atoms with Crippen molar-refractivity contribution >= 4 is 62.3 Å². The molecule has 3 aromatic rings. The first kappa shape index (κ1) is 32.7. The van der Waals surface area contributed by atoms with Gasteiger partial charge in [-0.3, -0.25) is 13.9 Å². The molecular formula is C30H34Cl3N3O4S. The van der Waals surface area contributed by atoms with Crippen LogP contribution < -0.4 is 9.62 Å². The summed E-state index contributed by atoms with van der Waals surface area (Å²) in [6, 6.07) is 16.7. The van der Waals surface area contributed by atoms with Crippen molar-refractivity contribution in [3.8, 4) is 0 Å². The van der Waals surface area contributed by atoms with Gasteiger partial charge in [0.15, 0.2) is 0 Å². The molecule has 0 aliphatic heterocycles. The average Bonchev–Trinajstić information content (AvgIpc) is 2.91. The first-order valence-corrected chi connectivity index (χ1v) is 15.8. The number of hydrogen-bond donors (Lipinski definition) is 1. The van der Waals surface area contributed by atoms with Crippen molar-refractivity contribution in [2.45, 2.75) is 51.6 Å². The molecular weight excluding hydrogens is 605 g/mol. The van der Waals surface area contributed by atoms with Crippen LogP contribution in [0.1, 0.15) is 38.3 Å².